The quantitative estimate of drug-likeness (QED) is 0.655. The number of aromatic nitrogens is 2. The Morgan fingerprint density at radius 1 is 1.30 bits per heavy atom. The third kappa shape index (κ3) is 2.85. The Hall–Kier alpha value is -1.04. The number of nitrogens with two attached hydrogens (primary N) is 1. The molecule has 2 rings (SSSR count). The molecule has 0 bridgehead atoms. The van der Waals surface area contributed by atoms with Gasteiger partial charge in [-0.2, -0.15) is 10.2 Å². The lowest BCUT2D eigenvalue weighted by molar-refractivity contribution is -0.0779. The van der Waals surface area contributed by atoms with E-state index in [1.165, 1.54) is 0 Å². The first-order valence-electron chi connectivity index (χ1n) is 7.13. The molecule has 0 saturated carbocycles. The average molecular weight is 278 g/mol. The molecule has 0 radical (unpaired) electrons. The highest BCUT2D eigenvalue weighted by molar-refractivity contribution is 5.26. The van der Waals surface area contributed by atoms with E-state index in [1.807, 2.05) is 13.8 Å². The molecule has 0 aromatic carbocycles. The minimum atomic E-state index is -0.232. The van der Waals surface area contributed by atoms with E-state index in [4.69, 9.17) is 10.6 Å². The fourth-order valence-corrected chi connectivity index (χ4v) is 3.43. The summed E-state index contributed by atoms with van der Waals surface area (Å²) in [7, 11) is 0. The fraction of sp³-hybridized carbons (Fsp3) is 0.733. The van der Waals surface area contributed by atoms with Crippen molar-refractivity contribution in [3.8, 4) is 0 Å². The number of aryl methyl sites for hydroxylation is 2. The highest BCUT2D eigenvalue weighted by Crippen LogP contribution is 2.47. The SMILES string of the molecule is Cc1cc(C(NN)C2CC(C)(C)OC2(C)C)c(C)nn1. The van der Waals surface area contributed by atoms with Gasteiger partial charge in [0.15, 0.2) is 0 Å². The van der Waals surface area contributed by atoms with Crippen LogP contribution >= 0.6 is 0 Å². The van der Waals surface area contributed by atoms with Gasteiger partial charge in [-0.1, -0.05) is 0 Å². The van der Waals surface area contributed by atoms with Gasteiger partial charge in [-0.05, 0) is 59.6 Å². The smallest absolute Gasteiger partial charge is 0.0681 e. The van der Waals surface area contributed by atoms with E-state index in [-0.39, 0.29) is 23.2 Å². The van der Waals surface area contributed by atoms with Gasteiger partial charge in [0.05, 0.1) is 28.6 Å². The summed E-state index contributed by atoms with van der Waals surface area (Å²) in [6.45, 7) is 12.4. The summed E-state index contributed by atoms with van der Waals surface area (Å²) >= 11 is 0. The fourth-order valence-electron chi connectivity index (χ4n) is 3.43. The first-order valence-corrected chi connectivity index (χ1v) is 7.13. The van der Waals surface area contributed by atoms with Crippen molar-refractivity contribution in [3.63, 3.8) is 0 Å². The second kappa shape index (κ2) is 5.06. The average Bonchev–Trinajstić information content (AvgIpc) is 2.53. The summed E-state index contributed by atoms with van der Waals surface area (Å²) in [5, 5.41) is 8.31. The maximum absolute atomic E-state index is 6.19. The van der Waals surface area contributed by atoms with Crippen molar-refractivity contribution >= 4 is 0 Å². The van der Waals surface area contributed by atoms with Crippen LogP contribution in [0.5, 0.6) is 0 Å². The van der Waals surface area contributed by atoms with Crippen molar-refractivity contribution in [2.45, 2.75) is 65.2 Å². The Morgan fingerprint density at radius 3 is 2.45 bits per heavy atom. The minimum Gasteiger partial charge on any atom is -0.369 e. The molecular weight excluding hydrogens is 252 g/mol. The van der Waals surface area contributed by atoms with Gasteiger partial charge in [-0.15, -0.1) is 0 Å². The monoisotopic (exact) mass is 278 g/mol. The summed E-state index contributed by atoms with van der Waals surface area (Å²) in [4.78, 5) is 0. The predicted octanol–water partition coefficient (Wildman–Crippen LogP) is 2.19. The van der Waals surface area contributed by atoms with Gasteiger partial charge in [-0.25, -0.2) is 0 Å². The number of ether oxygens (including phenoxy) is 1. The van der Waals surface area contributed by atoms with Crippen molar-refractivity contribution in [2.24, 2.45) is 11.8 Å². The van der Waals surface area contributed by atoms with Crippen molar-refractivity contribution in [3.05, 3.63) is 23.0 Å². The lowest BCUT2D eigenvalue weighted by atomic mass is 9.79. The first kappa shape index (κ1) is 15.4. The maximum Gasteiger partial charge on any atom is 0.0681 e. The molecule has 112 valence electrons. The molecule has 20 heavy (non-hydrogen) atoms. The summed E-state index contributed by atoms with van der Waals surface area (Å²) < 4.78 is 6.19. The minimum absolute atomic E-state index is 0.0148. The van der Waals surface area contributed by atoms with Crippen LogP contribution in [0.25, 0.3) is 0 Å². The normalized spacial score (nSPS) is 25.6. The molecule has 5 nitrogen and oxygen atoms in total. The van der Waals surface area contributed by atoms with Gasteiger partial charge in [0.2, 0.25) is 0 Å². The molecule has 0 aliphatic carbocycles. The standard InChI is InChI=1S/C15H26N4O/c1-9-7-11(10(2)19-18-9)13(17-16)12-8-14(3,4)20-15(12,5)6/h7,12-13,17H,8,16H2,1-6H3. The van der Waals surface area contributed by atoms with Crippen LogP contribution in [-0.2, 0) is 4.74 Å². The van der Waals surface area contributed by atoms with E-state index in [1.54, 1.807) is 0 Å². The summed E-state index contributed by atoms with van der Waals surface area (Å²) in [5.41, 5.74) is 5.54. The number of nitrogens with zero attached hydrogens (tertiary/aromatic N) is 2. The van der Waals surface area contributed by atoms with Crippen LogP contribution in [-0.4, -0.2) is 21.4 Å². The number of nitrogens with one attached hydrogen (secondary N) is 1. The van der Waals surface area contributed by atoms with Crippen LogP contribution in [0, 0.1) is 19.8 Å². The zero-order valence-electron chi connectivity index (χ0n) is 13.3. The lowest BCUT2D eigenvalue weighted by Gasteiger charge is -2.33. The molecule has 0 spiro atoms. The highest BCUT2D eigenvalue weighted by atomic mass is 16.5. The van der Waals surface area contributed by atoms with E-state index < -0.39 is 0 Å². The number of hydrogen-bond donors (Lipinski definition) is 2. The van der Waals surface area contributed by atoms with Gasteiger partial charge in [0, 0.05) is 5.92 Å². The van der Waals surface area contributed by atoms with Crippen molar-refractivity contribution in [1.29, 1.82) is 0 Å². The highest BCUT2D eigenvalue weighted by Gasteiger charge is 2.49. The molecule has 2 heterocycles. The molecule has 1 aromatic heterocycles. The zero-order chi connectivity index (χ0) is 15.1. The largest absolute Gasteiger partial charge is 0.369 e. The molecular formula is C15H26N4O. The molecule has 5 heteroatoms. The second-order valence-corrected chi connectivity index (χ2v) is 6.95. The van der Waals surface area contributed by atoms with Crippen molar-refractivity contribution in [2.75, 3.05) is 0 Å². The molecule has 1 aromatic rings. The molecule has 1 aliphatic rings. The van der Waals surface area contributed by atoms with Crippen LogP contribution in [0.2, 0.25) is 0 Å². The Bertz CT molecular complexity index is 499. The van der Waals surface area contributed by atoms with Gasteiger partial charge >= 0.3 is 0 Å². The van der Waals surface area contributed by atoms with Gasteiger partial charge < -0.3 is 4.74 Å². The van der Waals surface area contributed by atoms with Crippen LogP contribution < -0.4 is 11.3 Å². The molecule has 1 saturated heterocycles. The molecule has 0 amide bonds. The van der Waals surface area contributed by atoms with Gasteiger partial charge in [0.25, 0.3) is 0 Å². The predicted molar refractivity (Wildman–Crippen MR) is 78.9 cm³/mol. The molecule has 2 atom stereocenters. The third-order valence-electron chi connectivity index (χ3n) is 4.20. The van der Waals surface area contributed by atoms with Crippen molar-refractivity contribution < 1.29 is 4.74 Å². The van der Waals surface area contributed by atoms with Gasteiger partial charge in [-0.3, -0.25) is 11.3 Å². The van der Waals surface area contributed by atoms with E-state index in [2.05, 4.69) is 49.4 Å². The number of hydrazine groups is 1. The molecule has 2 unspecified atom stereocenters. The van der Waals surface area contributed by atoms with E-state index >= 15 is 0 Å². The lowest BCUT2D eigenvalue weighted by Crippen LogP contribution is -2.41. The van der Waals surface area contributed by atoms with E-state index in [0.29, 0.717) is 0 Å². The first-order chi connectivity index (χ1) is 9.16. The number of hydrogen-bond acceptors (Lipinski definition) is 5. The zero-order valence-corrected chi connectivity index (χ0v) is 13.3. The topological polar surface area (TPSA) is 73.1 Å². The molecule has 1 fully saturated rings. The third-order valence-corrected chi connectivity index (χ3v) is 4.20. The van der Waals surface area contributed by atoms with Crippen LogP contribution in [0.3, 0.4) is 0 Å². The van der Waals surface area contributed by atoms with Crippen LogP contribution in [0.1, 0.15) is 57.1 Å². The summed E-state index contributed by atoms with van der Waals surface area (Å²) in [5.74, 6) is 6.14. The Kier molecular flexibility index (Phi) is 3.88. The Balaban J connectivity index is 2.40. The van der Waals surface area contributed by atoms with Gasteiger partial charge in [0.1, 0.15) is 0 Å². The Morgan fingerprint density at radius 2 is 1.95 bits per heavy atom. The van der Waals surface area contributed by atoms with E-state index in [0.717, 1.165) is 23.4 Å². The second-order valence-electron chi connectivity index (χ2n) is 6.95. The van der Waals surface area contributed by atoms with E-state index in [9.17, 15) is 0 Å². The molecule has 3 N–H and O–H groups in total. The van der Waals surface area contributed by atoms with Crippen LogP contribution in [0.15, 0.2) is 6.07 Å². The summed E-state index contributed by atoms with van der Waals surface area (Å²) in [6, 6.07) is 2.08. The maximum atomic E-state index is 6.19. The van der Waals surface area contributed by atoms with Crippen LogP contribution in [0.4, 0.5) is 0 Å². The van der Waals surface area contributed by atoms with Crippen molar-refractivity contribution in [1.82, 2.24) is 15.6 Å². The Labute approximate surface area is 121 Å². The summed E-state index contributed by atoms with van der Waals surface area (Å²) in [6.07, 6.45) is 0.954. The molecule has 1 aliphatic heterocycles. The number of rotatable bonds is 3.